The minimum Gasteiger partial charge on any atom is -0.378 e. The smallest absolute Gasteiger partial charge is 0.256 e. The van der Waals surface area contributed by atoms with E-state index in [1.807, 2.05) is 0 Å². The van der Waals surface area contributed by atoms with Crippen molar-refractivity contribution in [2.45, 2.75) is 31.8 Å². The van der Waals surface area contributed by atoms with Crippen LogP contribution in [0.15, 0.2) is 28.8 Å². The molecule has 1 aromatic carbocycles. The van der Waals surface area contributed by atoms with Gasteiger partial charge in [-0.25, -0.2) is 0 Å². The van der Waals surface area contributed by atoms with Crippen molar-refractivity contribution in [3.8, 4) is 0 Å². The highest BCUT2D eigenvalue weighted by Crippen LogP contribution is 2.29. The molecule has 1 N–H and O–H groups in total. The van der Waals surface area contributed by atoms with E-state index in [1.165, 1.54) is 0 Å². The number of piperidine rings is 1. The fourth-order valence-corrected chi connectivity index (χ4v) is 3.08. The lowest BCUT2D eigenvalue weighted by molar-refractivity contribution is -0.141. The predicted octanol–water partition coefficient (Wildman–Crippen LogP) is 2.47. The zero-order valence-electron chi connectivity index (χ0n) is 12.8. The predicted molar refractivity (Wildman–Crippen MR) is 84.0 cm³/mol. The molecule has 7 heteroatoms. The van der Waals surface area contributed by atoms with Crippen molar-refractivity contribution in [3.05, 3.63) is 46.6 Å². The Bertz CT molecular complexity index is 695. The number of carbonyl (C=O) groups excluding carboxylic acids is 1. The summed E-state index contributed by atoms with van der Waals surface area (Å²) in [5.74, 6) is 1.11. The Morgan fingerprint density at radius 1 is 1.39 bits per heavy atom. The van der Waals surface area contributed by atoms with Crippen molar-refractivity contribution >= 4 is 17.5 Å². The highest BCUT2D eigenvalue weighted by atomic mass is 35.5. The van der Waals surface area contributed by atoms with Crippen molar-refractivity contribution in [2.24, 2.45) is 0 Å². The summed E-state index contributed by atoms with van der Waals surface area (Å²) in [6.07, 6.45) is 0.271. The van der Waals surface area contributed by atoms with Gasteiger partial charge >= 0.3 is 0 Å². The number of hydrogen-bond donors (Lipinski definition) is 1. The minimum atomic E-state index is -1.23. The Balaban J connectivity index is 1.63. The third kappa shape index (κ3) is 3.38. The summed E-state index contributed by atoms with van der Waals surface area (Å²) in [5, 5.41) is 14.6. The number of amides is 1. The second-order valence-corrected chi connectivity index (χ2v) is 6.10. The first kappa shape index (κ1) is 16.0. The Hall–Kier alpha value is -1.92. The highest BCUT2D eigenvalue weighted by molar-refractivity contribution is 6.31. The van der Waals surface area contributed by atoms with E-state index in [-0.39, 0.29) is 11.8 Å². The molecule has 0 radical (unpaired) electrons. The van der Waals surface area contributed by atoms with Crippen LogP contribution in [-0.2, 0) is 4.79 Å². The van der Waals surface area contributed by atoms with Crippen LogP contribution in [0.25, 0.3) is 0 Å². The Morgan fingerprint density at radius 3 is 2.70 bits per heavy atom. The standard InChI is InChI=1S/C16H18ClN3O3/c1-10-18-15(19-23-10)11-6-8-20(9-7-11)16(22)14(21)12-4-2-3-5-13(12)17/h2-5,11,14,21H,6-9H2,1H3. The van der Waals surface area contributed by atoms with Gasteiger partial charge in [-0.15, -0.1) is 0 Å². The van der Waals surface area contributed by atoms with E-state index < -0.39 is 6.10 Å². The molecule has 0 spiro atoms. The summed E-state index contributed by atoms with van der Waals surface area (Å²) in [7, 11) is 0. The summed E-state index contributed by atoms with van der Waals surface area (Å²) in [4.78, 5) is 18.4. The van der Waals surface area contributed by atoms with Crippen molar-refractivity contribution in [1.29, 1.82) is 0 Å². The first-order valence-electron chi connectivity index (χ1n) is 7.57. The molecule has 2 aromatic rings. The van der Waals surface area contributed by atoms with Gasteiger partial charge in [-0.05, 0) is 18.9 Å². The number of aromatic nitrogens is 2. The number of carbonyl (C=O) groups is 1. The van der Waals surface area contributed by atoms with Crippen LogP contribution in [0.2, 0.25) is 5.02 Å². The number of benzene rings is 1. The third-order valence-corrected chi connectivity index (χ3v) is 4.49. The molecule has 1 atom stereocenters. The maximum atomic E-state index is 12.5. The SMILES string of the molecule is Cc1nc(C2CCN(C(=O)C(O)c3ccccc3Cl)CC2)no1. The molecular formula is C16H18ClN3O3. The molecule has 3 rings (SSSR count). The van der Waals surface area contributed by atoms with Gasteiger partial charge in [0.05, 0.1) is 0 Å². The lowest BCUT2D eigenvalue weighted by Gasteiger charge is -2.32. The number of rotatable bonds is 3. The molecule has 1 aliphatic heterocycles. The Labute approximate surface area is 139 Å². The molecule has 1 aromatic heterocycles. The number of likely N-dealkylation sites (tertiary alicyclic amines) is 1. The molecular weight excluding hydrogens is 318 g/mol. The van der Waals surface area contributed by atoms with Crippen LogP contribution in [0.1, 0.15) is 42.1 Å². The van der Waals surface area contributed by atoms with Crippen molar-refractivity contribution in [2.75, 3.05) is 13.1 Å². The average Bonchev–Trinajstić information content (AvgIpc) is 3.01. The molecule has 1 aliphatic rings. The Morgan fingerprint density at radius 2 is 2.09 bits per heavy atom. The van der Waals surface area contributed by atoms with Crippen LogP contribution in [0, 0.1) is 6.92 Å². The molecule has 1 fully saturated rings. The monoisotopic (exact) mass is 335 g/mol. The van der Waals surface area contributed by atoms with Gasteiger partial charge in [0.15, 0.2) is 11.9 Å². The number of nitrogens with zero attached hydrogens (tertiary/aromatic N) is 3. The fraction of sp³-hybridized carbons (Fsp3) is 0.438. The second kappa shape index (κ2) is 6.68. The normalized spacial score (nSPS) is 17.3. The van der Waals surface area contributed by atoms with Crippen molar-refractivity contribution in [3.63, 3.8) is 0 Å². The lowest BCUT2D eigenvalue weighted by Crippen LogP contribution is -2.40. The van der Waals surface area contributed by atoms with Gasteiger partial charge in [-0.2, -0.15) is 4.98 Å². The van der Waals surface area contributed by atoms with Gasteiger partial charge < -0.3 is 14.5 Å². The quantitative estimate of drug-likeness (QED) is 0.932. The first-order chi connectivity index (χ1) is 11.1. The first-order valence-corrected chi connectivity index (χ1v) is 7.95. The zero-order chi connectivity index (χ0) is 16.4. The molecule has 122 valence electrons. The van der Waals surface area contributed by atoms with Crippen LogP contribution in [0.3, 0.4) is 0 Å². The molecule has 1 unspecified atom stereocenters. The van der Waals surface area contributed by atoms with Crippen LogP contribution in [-0.4, -0.2) is 39.1 Å². The molecule has 2 heterocycles. The second-order valence-electron chi connectivity index (χ2n) is 5.70. The number of aryl methyl sites for hydroxylation is 1. The van der Waals surface area contributed by atoms with Crippen LogP contribution in [0.4, 0.5) is 0 Å². The van der Waals surface area contributed by atoms with Gasteiger partial charge in [0.25, 0.3) is 5.91 Å². The van der Waals surface area contributed by atoms with E-state index in [0.29, 0.717) is 35.4 Å². The maximum absolute atomic E-state index is 12.5. The van der Waals surface area contributed by atoms with E-state index in [0.717, 1.165) is 12.8 Å². The Kier molecular flexibility index (Phi) is 4.63. The third-order valence-electron chi connectivity index (χ3n) is 4.15. The molecule has 0 aliphatic carbocycles. The largest absolute Gasteiger partial charge is 0.378 e. The molecule has 1 saturated heterocycles. The molecule has 1 amide bonds. The van der Waals surface area contributed by atoms with E-state index in [2.05, 4.69) is 10.1 Å². The lowest BCUT2D eigenvalue weighted by atomic mass is 9.95. The summed E-state index contributed by atoms with van der Waals surface area (Å²) in [6, 6.07) is 6.85. The van der Waals surface area contributed by atoms with Crippen LogP contribution < -0.4 is 0 Å². The maximum Gasteiger partial charge on any atom is 0.256 e. The average molecular weight is 336 g/mol. The highest BCUT2D eigenvalue weighted by Gasteiger charge is 2.30. The number of hydrogen-bond acceptors (Lipinski definition) is 5. The van der Waals surface area contributed by atoms with Crippen molar-refractivity contribution in [1.82, 2.24) is 15.0 Å². The molecule has 0 saturated carbocycles. The summed E-state index contributed by atoms with van der Waals surface area (Å²) < 4.78 is 5.00. The van der Waals surface area contributed by atoms with E-state index in [9.17, 15) is 9.90 Å². The van der Waals surface area contributed by atoms with Gasteiger partial charge in [-0.1, -0.05) is 35.0 Å². The number of aliphatic hydroxyl groups is 1. The summed E-state index contributed by atoms with van der Waals surface area (Å²) >= 11 is 6.05. The zero-order valence-corrected chi connectivity index (χ0v) is 13.5. The summed E-state index contributed by atoms with van der Waals surface area (Å²) in [5.41, 5.74) is 0.440. The molecule has 23 heavy (non-hydrogen) atoms. The van der Waals surface area contributed by atoms with Crippen LogP contribution in [0.5, 0.6) is 0 Å². The van der Waals surface area contributed by atoms with Gasteiger partial charge in [0, 0.05) is 36.5 Å². The van der Waals surface area contributed by atoms with E-state index >= 15 is 0 Å². The molecule has 6 nitrogen and oxygen atoms in total. The van der Waals surface area contributed by atoms with Gasteiger partial charge in [-0.3, -0.25) is 4.79 Å². The fourth-order valence-electron chi connectivity index (χ4n) is 2.84. The minimum absolute atomic E-state index is 0.189. The van der Waals surface area contributed by atoms with Gasteiger partial charge in [0.2, 0.25) is 5.89 Å². The number of halogens is 1. The summed E-state index contributed by atoms with van der Waals surface area (Å²) in [6.45, 7) is 2.87. The van der Waals surface area contributed by atoms with E-state index in [1.54, 1.807) is 36.1 Å². The van der Waals surface area contributed by atoms with Crippen LogP contribution >= 0.6 is 11.6 Å². The number of aliphatic hydroxyl groups excluding tert-OH is 1. The van der Waals surface area contributed by atoms with Crippen molar-refractivity contribution < 1.29 is 14.4 Å². The van der Waals surface area contributed by atoms with E-state index in [4.69, 9.17) is 16.1 Å². The van der Waals surface area contributed by atoms with Gasteiger partial charge in [0.1, 0.15) is 0 Å². The molecule has 0 bridgehead atoms. The topological polar surface area (TPSA) is 79.5 Å².